The lowest BCUT2D eigenvalue weighted by atomic mass is 10.2. The van der Waals surface area contributed by atoms with Crippen molar-refractivity contribution in [3.63, 3.8) is 0 Å². The van der Waals surface area contributed by atoms with Gasteiger partial charge in [0.15, 0.2) is 6.61 Å². The monoisotopic (exact) mass is 405 g/mol. The smallest absolute Gasteiger partial charge is 0.271 e. The molecule has 2 aromatic rings. The zero-order valence-corrected chi connectivity index (χ0v) is 14.9. The van der Waals surface area contributed by atoms with Crippen LogP contribution in [0.5, 0.6) is 11.5 Å². The molecular weight excluding hydrogens is 390 g/mol. The molecule has 0 unspecified atom stereocenters. The minimum absolute atomic E-state index is 0.206. The fourth-order valence-electron chi connectivity index (χ4n) is 1.86. The molecule has 0 aliphatic heterocycles. The van der Waals surface area contributed by atoms with E-state index in [2.05, 4.69) is 26.5 Å². The van der Waals surface area contributed by atoms with Crippen molar-refractivity contribution in [2.45, 2.75) is 0 Å². The van der Waals surface area contributed by atoms with Crippen LogP contribution in [0.25, 0.3) is 0 Å². The zero-order chi connectivity index (χ0) is 18.2. The van der Waals surface area contributed by atoms with Gasteiger partial charge in [-0.25, -0.2) is 5.43 Å². The number of hydrazone groups is 1. The van der Waals surface area contributed by atoms with Crippen LogP contribution < -0.4 is 20.6 Å². The van der Waals surface area contributed by atoms with Gasteiger partial charge in [-0.15, -0.1) is 0 Å². The second-order valence-electron chi connectivity index (χ2n) is 4.88. The maximum atomic E-state index is 12.0. The van der Waals surface area contributed by atoms with Crippen molar-refractivity contribution in [2.24, 2.45) is 10.8 Å². The van der Waals surface area contributed by atoms with E-state index in [1.54, 1.807) is 42.5 Å². The number of benzene rings is 2. The minimum atomic E-state index is -0.558. The molecule has 0 fully saturated rings. The number of carbonyl (C=O) groups excluding carboxylic acids is 2. The molecule has 0 saturated heterocycles. The van der Waals surface area contributed by atoms with E-state index in [4.69, 9.17) is 15.2 Å². The number of carbonyl (C=O) groups is 2. The van der Waals surface area contributed by atoms with Crippen LogP contribution in [-0.4, -0.2) is 31.7 Å². The number of rotatable bonds is 7. The van der Waals surface area contributed by atoms with E-state index in [0.717, 1.165) is 5.56 Å². The Morgan fingerprint density at radius 2 is 2.08 bits per heavy atom. The fraction of sp³-hybridized carbons (Fsp3) is 0.118. The Morgan fingerprint density at radius 3 is 2.76 bits per heavy atom. The van der Waals surface area contributed by atoms with Crippen molar-refractivity contribution in [2.75, 3.05) is 13.7 Å². The van der Waals surface area contributed by atoms with Crippen LogP contribution in [0.1, 0.15) is 15.9 Å². The number of amides is 2. The highest BCUT2D eigenvalue weighted by Gasteiger charge is 2.06. The first-order chi connectivity index (χ1) is 12.0. The Morgan fingerprint density at radius 1 is 1.28 bits per heavy atom. The molecule has 130 valence electrons. The van der Waals surface area contributed by atoms with Crippen LogP contribution in [0, 0.1) is 0 Å². The van der Waals surface area contributed by atoms with Gasteiger partial charge in [-0.1, -0.05) is 6.07 Å². The molecule has 0 saturated carbocycles. The summed E-state index contributed by atoms with van der Waals surface area (Å²) in [6.07, 6.45) is 1.49. The summed E-state index contributed by atoms with van der Waals surface area (Å²) < 4.78 is 10.9. The van der Waals surface area contributed by atoms with Gasteiger partial charge in [0, 0.05) is 5.56 Å². The van der Waals surface area contributed by atoms with Crippen molar-refractivity contribution < 1.29 is 19.1 Å². The molecule has 0 aliphatic rings. The number of nitrogens with zero attached hydrogens (tertiary/aromatic N) is 1. The van der Waals surface area contributed by atoms with E-state index in [1.165, 1.54) is 13.3 Å². The SMILES string of the molecule is COc1cccc(C(=O)N/N=C/c2ccc(OCC(N)=O)c(Br)c2)c1. The summed E-state index contributed by atoms with van der Waals surface area (Å²) in [7, 11) is 1.53. The number of methoxy groups -OCH3 is 1. The van der Waals surface area contributed by atoms with E-state index in [-0.39, 0.29) is 12.5 Å². The van der Waals surface area contributed by atoms with Gasteiger partial charge in [-0.2, -0.15) is 5.10 Å². The number of primary amides is 1. The van der Waals surface area contributed by atoms with Gasteiger partial charge >= 0.3 is 0 Å². The predicted octanol–water partition coefficient (Wildman–Crippen LogP) is 2.09. The van der Waals surface area contributed by atoms with Gasteiger partial charge < -0.3 is 15.2 Å². The first kappa shape index (κ1) is 18.5. The zero-order valence-electron chi connectivity index (χ0n) is 13.4. The lowest BCUT2D eigenvalue weighted by Gasteiger charge is -2.06. The van der Waals surface area contributed by atoms with Crippen LogP contribution in [0.4, 0.5) is 0 Å². The van der Waals surface area contributed by atoms with Crippen LogP contribution in [0.3, 0.4) is 0 Å². The molecular formula is C17H16BrN3O4. The van der Waals surface area contributed by atoms with Crippen molar-refractivity contribution in [3.05, 3.63) is 58.1 Å². The molecule has 8 heteroatoms. The van der Waals surface area contributed by atoms with Crippen molar-refractivity contribution in [1.29, 1.82) is 0 Å². The molecule has 0 bridgehead atoms. The van der Waals surface area contributed by atoms with Crippen LogP contribution in [-0.2, 0) is 4.79 Å². The molecule has 25 heavy (non-hydrogen) atoms. The average molecular weight is 406 g/mol. The maximum Gasteiger partial charge on any atom is 0.271 e. The number of ether oxygens (including phenoxy) is 2. The second-order valence-corrected chi connectivity index (χ2v) is 5.73. The Labute approximate surface area is 152 Å². The number of halogens is 1. The lowest BCUT2D eigenvalue weighted by molar-refractivity contribution is -0.119. The van der Waals surface area contributed by atoms with Crippen molar-refractivity contribution in [3.8, 4) is 11.5 Å². The summed E-state index contributed by atoms with van der Waals surface area (Å²) in [6.45, 7) is -0.206. The van der Waals surface area contributed by atoms with E-state index in [9.17, 15) is 9.59 Å². The molecule has 2 amide bonds. The quantitative estimate of drug-likeness (QED) is 0.543. The number of hydrogen-bond acceptors (Lipinski definition) is 5. The molecule has 0 radical (unpaired) electrons. The first-order valence-corrected chi connectivity index (χ1v) is 7.97. The van der Waals surface area contributed by atoms with Crippen LogP contribution in [0.2, 0.25) is 0 Å². The van der Waals surface area contributed by atoms with Crippen molar-refractivity contribution in [1.82, 2.24) is 5.43 Å². The van der Waals surface area contributed by atoms with Crippen molar-refractivity contribution >= 4 is 34.0 Å². The Bertz CT molecular complexity index is 808. The highest BCUT2D eigenvalue weighted by atomic mass is 79.9. The van der Waals surface area contributed by atoms with Gasteiger partial charge in [-0.05, 0) is 57.9 Å². The van der Waals surface area contributed by atoms with Gasteiger partial charge in [0.25, 0.3) is 11.8 Å². The predicted molar refractivity (Wildman–Crippen MR) is 96.9 cm³/mol. The molecule has 0 heterocycles. The van der Waals surface area contributed by atoms with Crippen LogP contribution >= 0.6 is 15.9 Å². The maximum absolute atomic E-state index is 12.0. The summed E-state index contributed by atoms with van der Waals surface area (Å²) in [5.74, 6) is 0.164. The van der Waals surface area contributed by atoms with E-state index in [1.807, 2.05) is 0 Å². The topological polar surface area (TPSA) is 103 Å². The largest absolute Gasteiger partial charge is 0.497 e. The third kappa shape index (κ3) is 5.61. The summed E-state index contributed by atoms with van der Waals surface area (Å²) in [4.78, 5) is 22.7. The summed E-state index contributed by atoms with van der Waals surface area (Å²) in [5.41, 5.74) is 8.64. The summed E-state index contributed by atoms with van der Waals surface area (Å²) in [6, 6.07) is 11.9. The van der Waals surface area contributed by atoms with E-state index in [0.29, 0.717) is 21.5 Å². The van der Waals surface area contributed by atoms with E-state index < -0.39 is 5.91 Å². The molecule has 0 spiro atoms. The van der Waals surface area contributed by atoms with E-state index >= 15 is 0 Å². The second kappa shape index (κ2) is 8.84. The molecule has 0 aliphatic carbocycles. The molecule has 2 aromatic carbocycles. The summed E-state index contributed by atoms with van der Waals surface area (Å²) >= 11 is 3.33. The van der Waals surface area contributed by atoms with Gasteiger partial charge in [0.2, 0.25) is 0 Å². The highest BCUT2D eigenvalue weighted by molar-refractivity contribution is 9.10. The van der Waals surface area contributed by atoms with Gasteiger partial charge in [0.1, 0.15) is 11.5 Å². The van der Waals surface area contributed by atoms with Gasteiger partial charge in [0.05, 0.1) is 17.8 Å². The third-order valence-corrected chi connectivity index (χ3v) is 3.66. The molecule has 2 rings (SSSR count). The highest BCUT2D eigenvalue weighted by Crippen LogP contribution is 2.25. The van der Waals surface area contributed by atoms with Crippen LogP contribution in [0.15, 0.2) is 52.0 Å². The average Bonchev–Trinajstić information content (AvgIpc) is 2.60. The third-order valence-electron chi connectivity index (χ3n) is 3.04. The molecule has 3 N–H and O–H groups in total. The Kier molecular flexibility index (Phi) is 6.53. The fourth-order valence-corrected chi connectivity index (χ4v) is 2.37. The number of hydrogen-bond donors (Lipinski definition) is 2. The normalized spacial score (nSPS) is 10.5. The Balaban J connectivity index is 1.98. The number of nitrogens with one attached hydrogen (secondary N) is 1. The molecule has 7 nitrogen and oxygen atoms in total. The number of nitrogens with two attached hydrogens (primary N) is 1. The van der Waals surface area contributed by atoms with Gasteiger partial charge in [-0.3, -0.25) is 9.59 Å². The molecule has 0 aromatic heterocycles. The first-order valence-electron chi connectivity index (χ1n) is 7.17. The standard InChI is InChI=1S/C17H16BrN3O4/c1-24-13-4-2-3-12(8-13)17(23)21-20-9-11-5-6-15(14(18)7-11)25-10-16(19)22/h2-9H,10H2,1H3,(H2,19,22)(H,21,23)/b20-9+. The lowest BCUT2D eigenvalue weighted by Crippen LogP contribution is -2.20. The molecule has 0 atom stereocenters. The minimum Gasteiger partial charge on any atom is -0.497 e. The Hall–Kier alpha value is -2.87. The summed E-state index contributed by atoms with van der Waals surface area (Å²) in [5, 5.41) is 3.92.